The molecule has 7 heteroatoms. The molecule has 0 bridgehead atoms. The van der Waals surface area contributed by atoms with E-state index in [4.69, 9.17) is 0 Å². The van der Waals surface area contributed by atoms with Gasteiger partial charge in [-0.1, -0.05) is 47.7 Å². The molecule has 0 spiro atoms. The van der Waals surface area contributed by atoms with Crippen molar-refractivity contribution in [3.05, 3.63) is 68.9 Å². The molecule has 1 aromatic carbocycles. The summed E-state index contributed by atoms with van der Waals surface area (Å²) in [6, 6.07) is 13.2. The molecule has 0 fully saturated rings. The van der Waals surface area contributed by atoms with E-state index < -0.39 is 0 Å². The topological polar surface area (TPSA) is 71.1 Å². The van der Waals surface area contributed by atoms with Crippen LogP contribution in [0, 0.1) is 6.92 Å². The molecular weight excluding hydrogens is 342 g/mol. The maximum atomic E-state index is 12.3. The number of carbonyl (C=O) groups excluding carboxylic acids is 2. The van der Waals surface area contributed by atoms with Gasteiger partial charge in [-0.2, -0.15) is 0 Å². The lowest BCUT2D eigenvalue weighted by molar-refractivity contribution is 0.0953. The lowest BCUT2D eigenvalue weighted by atomic mass is 10.2. The fourth-order valence-corrected chi connectivity index (χ4v) is 3.58. The highest BCUT2D eigenvalue weighted by atomic mass is 32.1. The fourth-order valence-electron chi connectivity index (χ4n) is 2.09. The summed E-state index contributed by atoms with van der Waals surface area (Å²) in [6.45, 7) is 2.21. The first-order valence-corrected chi connectivity index (χ1v) is 8.97. The van der Waals surface area contributed by atoms with Crippen LogP contribution in [0.25, 0.3) is 0 Å². The molecule has 2 amide bonds. The molecule has 0 aliphatic carbocycles. The van der Waals surface area contributed by atoms with E-state index >= 15 is 0 Å². The van der Waals surface area contributed by atoms with Crippen molar-refractivity contribution in [1.29, 1.82) is 0 Å². The SMILES string of the molecule is Cc1nc(NC(=O)c2cccs2)sc1C(=O)NCc1ccccc1. The van der Waals surface area contributed by atoms with Crippen LogP contribution in [0.2, 0.25) is 0 Å². The first kappa shape index (κ1) is 16.4. The lowest BCUT2D eigenvalue weighted by Gasteiger charge is -2.03. The third kappa shape index (κ3) is 3.87. The van der Waals surface area contributed by atoms with Gasteiger partial charge in [0.25, 0.3) is 11.8 Å². The maximum absolute atomic E-state index is 12.3. The van der Waals surface area contributed by atoms with Crippen LogP contribution in [-0.4, -0.2) is 16.8 Å². The number of carbonyl (C=O) groups is 2. The average molecular weight is 357 g/mol. The molecule has 24 heavy (non-hydrogen) atoms. The van der Waals surface area contributed by atoms with Crippen LogP contribution in [-0.2, 0) is 6.54 Å². The number of aryl methyl sites for hydroxylation is 1. The Morgan fingerprint density at radius 1 is 1.08 bits per heavy atom. The summed E-state index contributed by atoms with van der Waals surface area (Å²) in [6.07, 6.45) is 0. The van der Waals surface area contributed by atoms with E-state index in [1.165, 1.54) is 22.7 Å². The van der Waals surface area contributed by atoms with Gasteiger partial charge in [-0.15, -0.1) is 11.3 Å². The summed E-state index contributed by atoms with van der Waals surface area (Å²) >= 11 is 2.54. The Morgan fingerprint density at radius 2 is 1.88 bits per heavy atom. The minimum atomic E-state index is -0.213. The normalized spacial score (nSPS) is 10.4. The van der Waals surface area contributed by atoms with Crippen molar-refractivity contribution in [3.63, 3.8) is 0 Å². The van der Waals surface area contributed by atoms with Gasteiger partial charge in [-0.25, -0.2) is 4.98 Å². The number of thiazole rings is 1. The Kier molecular flexibility index (Phi) is 5.02. The van der Waals surface area contributed by atoms with Crippen LogP contribution in [0.1, 0.15) is 30.6 Å². The average Bonchev–Trinajstić information content (AvgIpc) is 3.23. The predicted octanol–water partition coefficient (Wildman–Crippen LogP) is 3.70. The summed E-state index contributed by atoms with van der Waals surface area (Å²) in [5.41, 5.74) is 1.63. The van der Waals surface area contributed by atoms with Crippen molar-refractivity contribution in [3.8, 4) is 0 Å². The van der Waals surface area contributed by atoms with E-state index in [1.807, 2.05) is 41.8 Å². The highest BCUT2D eigenvalue weighted by Gasteiger charge is 2.17. The number of hydrogen-bond donors (Lipinski definition) is 2. The number of nitrogens with zero attached hydrogens (tertiary/aromatic N) is 1. The fraction of sp³-hybridized carbons (Fsp3) is 0.118. The molecule has 2 heterocycles. The molecule has 5 nitrogen and oxygen atoms in total. The second-order valence-electron chi connectivity index (χ2n) is 5.03. The van der Waals surface area contributed by atoms with Crippen molar-refractivity contribution in [2.24, 2.45) is 0 Å². The zero-order valence-corrected chi connectivity index (χ0v) is 14.5. The number of rotatable bonds is 5. The summed E-state index contributed by atoms with van der Waals surface area (Å²) in [5, 5.41) is 7.87. The van der Waals surface area contributed by atoms with E-state index in [0.717, 1.165) is 5.56 Å². The van der Waals surface area contributed by atoms with Gasteiger partial charge in [0.15, 0.2) is 5.13 Å². The number of amides is 2. The smallest absolute Gasteiger partial charge is 0.267 e. The summed E-state index contributed by atoms with van der Waals surface area (Å²) in [4.78, 5) is 29.7. The zero-order valence-electron chi connectivity index (χ0n) is 12.9. The first-order chi connectivity index (χ1) is 11.6. The van der Waals surface area contributed by atoms with Crippen LogP contribution in [0.5, 0.6) is 0 Å². The highest BCUT2D eigenvalue weighted by Crippen LogP contribution is 2.23. The van der Waals surface area contributed by atoms with Crippen molar-refractivity contribution >= 4 is 39.6 Å². The number of hydrogen-bond acceptors (Lipinski definition) is 5. The Morgan fingerprint density at radius 3 is 2.58 bits per heavy atom. The van der Waals surface area contributed by atoms with Gasteiger partial charge in [-0.05, 0) is 23.9 Å². The second-order valence-corrected chi connectivity index (χ2v) is 6.98. The predicted molar refractivity (Wildman–Crippen MR) is 96.7 cm³/mol. The van der Waals surface area contributed by atoms with E-state index in [9.17, 15) is 9.59 Å². The third-order valence-electron chi connectivity index (χ3n) is 3.26. The Balaban J connectivity index is 1.65. The number of benzene rings is 1. The van der Waals surface area contributed by atoms with E-state index in [-0.39, 0.29) is 11.8 Å². The molecule has 2 N–H and O–H groups in total. The third-order valence-corrected chi connectivity index (χ3v) is 5.20. The summed E-state index contributed by atoms with van der Waals surface area (Å²) in [7, 11) is 0. The summed E-state index contributed by atoms with van der Waals surface area (Å²) < 4.78 is 0. The standard InChI is InChI=1S/C17H15N3O2S2/c1-11-14(16(22)18-10-12-6-3-2-4-7-12)24-17(19-11)20-15(21)13-8-5-9-23-13/h2-9H,10H2,1H3,(H,18,22)(H,19,20,21). The molecule has 0 aliphatic rings. The van der Waals surface area contributed by atoms with Gasteiger partial charge in [0.05, 0.1) is 10.6 Å². The minimum Gasteiger partial charge on any atom is -0.347 e. The number of anilines is 1. The van der Waals surface area contributed by atoms with Crippen LogP contribution in [0.4, 0.5) is 5.13 Å². The molecule has 0 saturated heterocycles. The Hall–Kier alpha value is -2.51. The minimum absolute atomic E-state index is 0.189. The molecular formula is C17H15N3O2S2. The molecule has 3 aromatic rings. The molecule has 2 aromatic heterocycles. The molecule has 0 aliphatic heterocycles. The van der Waals surface area contributed by atoms with Crippen molar-refractivity contribution in [1.82, 2.24) is 10.3 Å². The highest BCUT2D eigenvalue weighted by molar-refractivity contribution is 7.18. The molecule has 3 rings (SSSR count). The Bertz CT molecular complexity index is 842. The van der Waals surface area contributed by atoms with Gasteiger partial charge < -0.3 is 5.32 Å². The van der Waals surface area contributed by atoms with Crippen LogP contribution >= 0.6 is 22.7 Å². The quantitative estimate of drug-likeness (QED) is 0.731. The van der Waals surface area contributed by atoms with E-state index in [1.54, 1.807) is 13.0 Å². The van der Waals surface area contributed by atoms with Crippen LogP contribution < -0.4 is 10.6 Å². The first-order valence-electron chi connectivity index (χ1n) is 7.28. The van der Waals surface area contributed by atoms with Gasteiger partial charge in [0.2, 0.25) is 0 Å². The van der Waals surface area contributed by atoms with Crippen molar-refractivity contribution in [2.45, 2.75) is 13.5 Å². The maximum Gasteiger partial charge on any atom is 0.267 e. The summed E-state index contributed by atoms with van der Waals surface area (Å²) in [5.74, 6) is -0.402. The number of aromatic nitrogens is 1. The van der Waals surface area contributed by atoms with Crippen molar-refractivity contribution in [2.75, 3.05) is 5.32 Å². The number of thiophene rings is 1. The van der Waals surface area contributed by atoms with Gasteiger partial charge in [0, 0.05) is 6.54 Å². The van der Waals surface area contributed by atoms with Crippen molar-refractivity contribution < 1.29 is 9.59 Å². The van der Waals surface area contributed by atoms with Gasteiger partial charge in [0.1, 0.15) is 4.88 Å². The van der Waals surface area contributed by atoms with Crippen LogP contribution in [0.3, 0.4) is 0 Å². The van der Waals surface area contributed by atoms with Gasteiger partial charge >= 0.3 is 0 Å². The van der Waals surface area contributed by atoms with E-state index in [2.05, 4.69) is 15.6 Å². The lowest BCUT2D eigenvalue weighted by Crippen LogP contribution is -2.22. The zero-order chi connectivity index (χ0) is 16.9. The monoisotopic (exact) mass is 357 g/mol. The molecule has 0 saturated carbocycles. The van der Waals surface area contributed by atoms with Gasteiger partial charge in [-0.3, -0.25) is 14.9 Å². The number of nitrogens with one attached hydrogen (secondary N) is 2. The molecule has 0 radical (unpaired) electrons. The van der Waals surface area contributed by atoms with Crippen LogP contribution in [0.15, 0.2) is 47.8 Å². The molecule has 0 unspecified atom stereocenters. The van der Waals surface area contributed by atoms with E-state index in [0.29, 0.717) is 27.1 Å². The second kappa shape index (κ2) is 7.37. The largest absolute Gasteiger partial charge is 0.347 e. The molecule has 122 valence electrons. The molecule has 0 atom stereocenters. The Labute approximate surface area is 147 Å².